The minimum absolute atomic E-state index is 0.00203. The fourth-order valence-corrected chi connectivity index (χ4v) is 66.0. The maximum Gasteiger partial charge on any atom is 0.486 e. The summed E-state index contributed by atoms with van der Waals surface area (Å²) in [7, 11) is -51.1. The Labute approximate surface area is 671 Å². The number of carbonyl (C=O) groups is 5. The molecule has 9 saturated heterocycles. The molecular formula is C66H116O37Si10. The first-order chi connectivity index (χ1) is 53.8. The molecule has 9 rings (SSSR count). The summed E-state index contributed by atoms with van der Waals surface area (Å²) in [4.78, 5) is 108. The molecule has 15 unspecified atom stereocenters. The Hall–Kier alpha value is -2.86. The van der Waals surface area contributed by atoms with Crippen LogP contribution in [0.5, 0.6) is 0 Å². The van der Waals surface area contributed by atoms with Crippen LogP contribution in [0.3, 0.4) is 0 Å². The Morgan fingerprint density at radius 2 is 0.478 bits per heavy atom. The van der Waals surface area contributed by atoms with Crippen LogP contribution in [0.4, 0.5) is 0 Å². The molecule has 0 aromatic heterocycles. The molecule has 0 spiro atoms. The van der Waals surface area contributed by atoms with Gasteiger partial charge in [-0.3, -0.25) is 0 Å². The lowest BCUT2D eigenvalue weighted by molar-refractivity contribution is -0.139. The van der Waals surface area contributed by atoms with E-state index in [9.17, 15) is 38.4 Å². The summed E-state index contributed by atoms with van der Waals surface area (Å²) in [5, 5.41) is 0. The van der Waals surface area contributed by atoms with E-state index in [2.05, 4.69) is 32.9 Å². The van der Waals surface area contributed by atoms with Gasteiger partial charge in [0.1, 0.15) is 30.5 Å². The number of rotatable bonds is 56. The zero-order valence-corrected chi connectivity index (χ0v) is 75.9. The van der Waals surface area contributed by atoms with Gasteiger partial charge < -0.3 is 143 Å². The predicted molar refractivity (Wildman–Crippen MR) is 411 cm³/mol. The van der Waals surface area contributed by atoms with E-state index in [1.54, 1.807) is 0 Å². The van der Waals surface area contributed by atoms with Gasteiger partial charge in [0.25, 0.3) is 0 Å². The van der Waals surface area contributed by atoms with E-state index in [4.69, 9.17) is 129 Å². The topological polar surface area (TPSA) is 430 Å². The van der Waals surface area contributed by atoms with Crippen LogP contribution in [0, 0.1) is 0 Å². The summed E-state index contributed by atoms with van der Waals surface area (Å²) < 4.78 is 194. The zero-order valence-electron chi connectivity index (χ0n) is 65.9. The lowest BCUT2D eigenvalue weighted by Crippen LogP contribution is -2.83. The van der Waals surface area contributed by atoms with Gasteiger partial charge in [-0.1, -0.05) is 32.9 Å². The molecule has 0 radical (unpaired) electrons. The third kappa shape index (κ3) is 31.9. The Morgan fingerprint density at radius 3 is 0.708 bits per heavy atom. The minimum Gasteiger partial charge on any atom is -0.462 e. The van der Waals surface area contributed by atoms with E-state index >= 15 is 0 Å². The molecule has 9 aliphatic heterocycles. The highest BCUT2D eigenvalue weighted by atomic mass is 28.6. The molecule has 0 aliphatic carbocycles. The lowest BCUT2D eigenvalue weighted by Gasteiger charge is -2.58. The quantitative estimate of drug-likeness (QED) is 0.0183. The molecule has 0 amide bonds. The SMILES string of the molecule is C=C(C)C(=O)OCCC[Si]1(O)O[Si](O)(CCCOCC2CO2)O[Si]2(CCCOC(=O)C(=C)C)O[Si](CCCOCC3CO3)(O1)O[Si]1(CCCOC(=O)C(=C)C)O[Si]3(CCCOCC4CO4)O[Si](CCCOC(=O)C(=C)C)(OC)O[Si](O)(CCCOCC4CO4)O[Si](CCCOC(=O)C(=C)C)(O3)O[Si](CCCOCC3CO3)(O2)O1. The molecule has 3 N–H and O–H groups in total. The van der Waals surface area contributed by atoms with E-state index in [0.717, 1.165) is 0 Å². The predicted octanol–water partition coefficient (Wildman–Crippen LogP) is 4.84. The Morgan fingerprint density at radius 1 is 0.283 bits per heavy atom. The van der Waals surface area contributed by atoms with E-state index < -0.39 is 136 Å². The van der Waals surface area contributed by atoms with Gasteiger partial charge in [-0.2, -0.15) is 0 Å². The molecule has 15 atom stereocenters. The maximum atomic E-state index is 14.0. The number of esters is 5. The Kier molecular flexibility index (Phi) is 36.2. The first-order valence-corrected chi connectivity index (χ1v) is 58.2. The molecule has 0 aromatic rings. The molecule has 6 bridgehead atoms. The van der Waals surface area contributed by atoms with Gasteiger partial charge in [-0.25, -0.2) is 24.0 Å². The second-order valence-corrected chi connectivity index (χ2v) is 59.1. The van der Waals surface area contributed by atoms with Crippen molar-refractivity contribution in [2.75, 3.05) is 139 Å². The molecule has 37 nitrogen and oxygen atoms in total. The van der Waals surface area contributed by atoms with Crippen molar-refractivity contribution in [3.8, 4) is 0 Å². The standard InChI is InChI=1S/C66H116O37Si10/c1-52(2)62(67)81-27-17-34-105(73)91-104(72,32-12-22-76-42-57-47-86-57)93-109(39-19-29-83-64(69)54(5)6)97-108(94-105,36-14-24-78-44-59-49-88-59)99-113(41-21-31-85-66(71)56(9)10)102-111(37-15-25-79-45-60-50-89-60)96-107(75-11,35-18-28-82-63(68)53(3)4)92-106(74,33-13-23-77-43-58-48-87-58)95-110(98-111,40-20-30-84-65(70)55(7)8)101-112(100-109,103-113)38-16-26-80-46-61-51-90-61/h57-61,72-74H,1,3,5,7,9,12-51H2,2,4,6,8,10-11H3. The summed E-state index contributed by atoms with van der Waals surface area (Å²) in [6, 6.07) is -3.39. The summed E-state index contributed by atoms with van der Waals surface area (Å²) in [5.41, 5.74) is 0.470. The number of carbonyl (C=O) groups excluding carboxylic acids is 5. The summed E-state index contributed by atoms with van der Waals surface area (Å²) >= 11 is 0. The fraction of sp³-hybridized carbons (Fsp3) is 0.773. The Balaban J connectivity index is 1.32. The molecule has 0 aromatic carbocycles. The first kappa shape index (κ1) is 94.0. The van der Waals surface area contributed by atoms with Crippen LogP contribution >= 0.6 is 0 Å². The second kappa shape index (κ2) is 43.6. The van der Waals surface area contributed by atoms with Gasteiger partial charge in [0.05, 0.1) is 99.1 Å². The normalized spacial score (nSPS) is 33.4. The largest absolute Gasteiger partial charge is 0.486 e. The van der Waals surface area contributed by atoms with Gasteiger partial charge in [0, 0.05) is 128 Å². The van der Waals surface area contributed by atoms with E-state index in [1.165, 1.54) is 41.7 Å². The average Bonchev–Trinajstić information content (AvgIpc) is 1.65. The van der Waals surface area contributed by atoms with E-state index in [-0.39, 0.29) is 264 Å². The van der Waals surface area contributed by atoms with Crippen molar-refractivity contribution in [3.63, 3.8) is 0 Å². The van der Waals surface area contributed by atoms with Crippen molar-refractivity contribution in [2.45, 2.75) is 190 Å². The van der Waals surface area contributed by atoms with E-state index in [0.29, 0.717) is 33.0 Å². The van der Waals surface area contributed by atoms with Crippen LogP contribution in [0.1, 0.15) is 98.8 Å². The van der Waals surface area contributed by atoms with Gasteiger partial charge in [-0.05, 0) is 98.8 Å². The summed E-state index contributed by atoms with van der Waals surface area (Å²) in [5.74, 6) is -3.63. The van der Waals surface area contributed by atoms with Gasteiger partial charge >= 0.3 is 118 Å². The molecule has 642 valence electrons. The van der Waals surface area contributed by atoms with Crippen molar-refractivity contribution in [1.29, 1.82) is 0 Å². The number of hydrogen-bond acceptors (Lipinski definition) is 37. The molecule has 9 heterocycles. The second-order valence-electron chi connectivity index (χ2n) is 29.2. The maximum absolute atomic E-state index is 14.0. The van der Waals surface area contributed by atoms with Crippen LogP contribution in [0.25, 0.3) is 0 Å². The van der Waals surface area contributed by atoms with Crippen LogP contribution in [-0.4, -0.2) is 302 Å². The van der Waals surface area contributed by atoms with Gasteiger partial charge in [0.2, 0.25) is 0 Å². The highest BCUT2D eigenvalue weighted by Gasteiger charge is 2.79. The smallest absolute Gasteiger partial charge is 0.462 e. The van der Waals surface area contributed by atoms with Gasteiger partial charge in [0.15, 0.2) is 0 Å². The molecule has 0 saturated carbocycles. The van der Waals surface area contributed by atoms with Crippen LogP contribution in [-0.2, 0) is 153 Å². The Bertz CT molecular complexity index is 3220. The number of fused-ring (bicyclic) bond motifs is 6. The highest BCUT2D eigenvalue weighted by molar-refractivity contribution is 7.00. The van der Waals surface area contributed by atoms with Crippen molar-refractivity contribution in [2.24, 2.45) is 0 Å². The third-order valence-corrected chi connectivity index (χ3v) is 60.7. The summed E-state index contributed by atoms with van der Waals surface area (Å²) in [6.45, 7) is 28.2. The number of hydrogen-bond donors (Lipinski definition) is 3. The monoisotopic (exact) mass is 1780 g/mol. The molecule has 9 aliphatic rings. The highest BCUT2D eigenvalue weighted by Crippen LogP contribution is 2.51. The fourth-order valence-electron chi connectivity index (χ4n) is 11.8. The van der Waals surface area contributed by atoms with Crippen LogP contribution in [0.2, 0.25) is 60.4 Å². The van der Waals surface area contributed by atoms with Crippen molar-refractivity contribution >= 4 is 118 Å². The summed E-state index contributed by atoms with van der Waals surface area (Å²) in [6.07, 6.45) is -1.31. The number of epoxide rings is 5. The van der Waals surface area contributed by atoms with Crippen molar-refractivity contribution < 1.29 is 167 Å². The zero-order chi connectivity index (χ0) is 81.5. The molecular weight excluding hydrogens is 1670 g/mol. The molecule has 47 heteroatoms. The average molecular weight is 1780 g/mol. The van der Waals surface area contributed by atoms with Crippen LogP contribution < -0.4 is 0 Å². The van der Waals surface area contributed by atoms with Crippen LogP contribution in [0.15, 0.2) is 60.8 Å². The van der Waals surface area contributed by atoms with Crippen molar-refractivity contribution in [3.05, 3.63) is 60.8 Å². The molecule has 113 heavy (non-hydrogen) atoms. The third-order valence-electron chi connectivity index (χ3n) is 17.8. The molecule has 9 fully saturated rings. The first-order valence-electron chi connectivity index (χ1n) is 38.7. The lowest BCUT2D eigenvalue weighted by atomic mass is 10.4. The van der Waals surface area contributed by atoms with Gasteiger partial charge in [-0.15, -0.1) is 0 Å². The number of ether oxygens (including phenoxy) is 15. The van der Waals surface area contributed by atoms with E-state index in [1.807, 2.05) is 0 Å². The van der Waals surface area contributed by atoms with Crippen molar-refractivity contribution in [1.82, 2.24) is 0 Å². The minimum atomic E-state index is -5.42.